The van der Waals surface area contributed by atoms with Crippen LogP contribution in [0.4, 0.5) is 0 Å². The Balaban J connectivity index is 1.61. The molecule has 0 bridgehead atoms. The van der Waals surface area contributed by atoms with Crippen LogP contribution in [0.15, 0.2) is 36.7 Å². The van der Waals surface area contributed by atoms with Gasteiger partial charge in [0.15, 0.2) is 0 Å². The Labute approximate surface area is 250 Å². The number of hydrogen-bond acceptors (Lipinski definition) is 1. The highest BCUT2D eigenvalue weighted by Crippen LogP contribution is 2.38. The second kappa shape index (κ2) is 23.3. The van der Waals surface area contributed by atoms with Crippen LogP contribution in [0, 0.1) is 0 Å². The molecule has 1 aromatic rings. The largest absolute Gasteiger partial charge is 0.331 e. The Bertz CT molecular complexity index is 759. The summed E-state index contributed by atoms with van der Waals surface area (Å²) in [5, 5.41) is 0. The first-order valence-corrected chi connectivity index (χ1v) is 18.1. The van der Waals surface area contributed by atoms with E-state index in [1.807, 2.05) is 0 Å². The number of hydrogen-bond donors (Lipinski definition) is 0. The van der Waals surface area contributed by atoms with Crippen molar-refractivity contribution < 1.29 is 0 Å². The molecule has 0 aliphatic heterocycles. The molecule has 1 heterocycles. The van der Waals surface area contributed by atoms with Crippen LogP contribution in [0.3, 0.4) is 0 Å². The average molecular weight is 553 g/mol. The van der Waals surface area contributed by atoms with E-state index in [4.69, 9.17) is 4.98 Å². The van der Waals surface area contributed by atoms with Crippen LogP contribution in [-0.2, 0) is 5.41 Å². The van der Waals surface area contributed by atoms with Crippen molar-refractivity contribution in [2.75, 3.05) is 0 Å². The normalized spacial score (nSPS) is 17.6. The van der Waals surface area contributed by atoms with Crippen molar-refractivity contribution in [3.8, 4) is 0 Å². The molecule has 0 spiro atoms. The molecule has 1 aliphatic carbocycles. The monoisotopic (exact) mass is 553 g/mol. The van der Waals surface area contributed by atoms with E-state index in [1.54, 1.807) is 0 Å². The highest BCUT2D eigenvalue weighted by Gasteiger charge is 2.34. The van der Waals surface area contributed by atoms with Gasteiger partial charge in [-0.05, 0) is 26.2 Å². The summed E-state index contributed by atoms with van der Waals surface area (Å²) in [6.07, 6.45) is 49.8. The topological polar surface area (TPSA) is 17.8 Å². The Hall–Kier alpha value is -1.31. The van der Waals surface area contributed by atoms with Crippen molar-refractivity contribution in [1.29, 1.82) is 0 Å². The lowest BCUT2D eigenvalue weighted by Crippen LogP contribution is -2.29. The predicted octanol–water partition coefficient (Wildman–Crippen LogP) is 13.0. The van der Waals surface area contributed by atoms with Crippen LogP contribution in [0.1, 0.15) is 200 Å². The Morgan fingerprint density at radius 3 is 1.60 bits per heavy atom. The van der Waals surface area contributed by atoms with E-state index in [2.05, 4.69) is 62.0 Å². The summed E-state index contributed by atoms with van der Waals surface area (Å²) in [6.45, 7) is 7.02. The van der Waals surface area contributed by atoms with Gasteiger partial charge in [-0.1, -0.05) is 186 Å². The van der Waals surface area contributed by atoms with Crippen molar-refractivity contribution in [1.82, 2.24) is 9.55 Å². The fraction of sp³-hybridized carbons (Fsp3) is 0.816. The molecule has 2 rings (SSSR count). The second-order valence-electron chi connectivity index (χ2n) is 13.1. The van der Waals surface area contributed by atoms with Crippen LogP contribution in [0.25, 0.3) is 0 Å². The number of nitrogens with zero attached hydrogens (tertiary/aromatic N) is 2. The number of aromatic nitrogens is 2. The van der Waals surface area contributed by atoms with Gasteiger partial charge < -0.3 is 4.57 Å². The van der Waals surface area contributed by atoms with E-state index in [0.717, 1.165) is 6.42 Å². The minimum Gasteiger partial charge on any atom is -0.331 e. The summed E-state index contributed by atoms with van der Waals surface area (Å²) in [5.74, 6) is 1.31. The van der Waals surface area contributed by atoms with Gasteiger partial charge >= 0.3 is 0 Å². The maximum Gasteiger partial charge on any atom is 0.119 e. The van der Waals surface area contributed by atoms with Crippen LogP contribution in [-0.4, -0.2) is 9.55 Å². The third-order valence-electron chi connectivity index (χ3n) is 9.44. The summed E-state index contributed by atoms with van der Waals surface area (Å²) in [5.41, 5.74) is 0.0871. The van der Waals surface area contributed by atoms with Crippen molar-refractivity contribution in [3.63, 3.8) is 0 Å². The third kappa shape index (κ3) is 14.5. The number of allylic oxidation sites excluding steroid dienone is 4. The molecule has 0 aromatic carbocycles. The van der Waals surface area contributed by atoms with Crippen molar-refractivity contribution in [2.24, 2.45) is 0 Å². The molecule has 40 heavy (non-hydrogen) atoms. The summed E-state index contributed by atoms with van der Waals surface area (Å²) < 4.78 is 2.53. The van der Waals surface area contributed by atoms with Crippen LogP contribution in [0.5, 0.6) is 0 Å². The van der Waals surface area contributed by atoms with Crippen molar-refractivity contribution in [3.05, 3.63) is 42.5 Å². The van der Waals surface area contributed by atoms with Gasteiger partial charge in [0.05, 0.1) is 5.41 Å². The van der Waals surface area contributed by atoms with Gasteiger partial charge in [-0.15, -0.1) is 0 Å². The molecule has 0 saturated heterocycles. The fourth-order valence-electron chi connectivity index (χ4n) is 6.71. The first kappa shape index (κ1) is 34.9. The zero-order chi connectivity index (χ0) is 28.6. The maximum atomic E-state index is 4.98. The van der Waals surface area contributed by atoms with Gasteiger partial charge in [0.1, 0.15) is 5.82 Å². The highest BCUT2D eigenvalue weighted by atomic mass is 15.1. The number of rotatable bonds is 27. The van der Waals surface area contributed by atoms with E-state index in [9.17, 15) is 0 Å². The lowest BCUT2D eigenvalue weighted by molar-refractivity contribution is 0.380. The molecule has 0 N–H and O–H groups in total. The second-order valence-corrected chi connectivity index (χ2v) is 13.1. The molecule has 0 amide bonds. The standard InChI is InChI=1S/C38H68N2/c1-4-6-8-10-12-14-15-16-17-18-19-20-21-23-26-30-36(3)40-35-34-39-37(40)38(32-28-25-29-33-38)31-27-24-22-13-11-9-7-5-2/h25,28-29,32,34-36H,4-24,26-27,30-31,33H2,1-3H3. The van der Waals surface area contributed by atoms with Crippen LogP contribution in [0.2, 0.25) is 0 Å². The fourth-order valence-corrected chi connectivity index (χ4v) is 6.71. The van der Waals surface area contributed by atoms with Crippen molar-refractivity contribution in [2.45, 2.75) is 199 Å². The highest BCUT2D eigenvalue weighted by molar-refractivity contribution is 5.29. The molecule has 230 valence electrons. The smallest absolute Gasteiger partial charge is 0.119 e. The van der Waals surface area contributed by atoms with E-state index >= 15 is 0 Å². The van der Waals surface area contributed by atoms with Gasteiger partial charge in [0.2, 0.25) is 0 Å². The molecule has 0 saturated carbocycles. The van der Waals surface area contributed by atoms with Gasteiger partial charge in [-0.2, -0.15) is 0 Å². The van der Waals surface area contributed by atoms with Gasteiger partial charge in [0.25, 0.3) is 0 Å². The quantitative estimate of drug-likeness (QED) is 0.0992. The lowest BCUT2D eigenvalue weighted by atomic mass is 9.76. The summed E-state index contributed by atoms with van der Waals surface area (Å²) in [4.78, 5) is 4.98. The summed E-state index contributed by atoms with van der Waals surface area (Å²) in [6, 6.07) is 0.536. The first-order chi connectivity index (χ1) is 19.7. The van der Waals surface area contributed by atoms with E-state index in [-0.39, 0.29) is 5.41 Å². The minimum atomic E-state index is 0.0871. The molecule has 2 atom stereocenters. The lowest BCUT2D eigenvalue weighted by Gasteiger charge is -2.33. The Kier molecular flexibility index (Phi) is 20.3. The summed E-state index contributed by atoms with van der Waals surface area (Å²) in [7, 11) is 0. The van der Waals surface area contributed by atoms with Gasteiger partial charge in [0, 0.05) is 18.4 Å². The molecule has 0 fully saturated rings. The van der Waals surface area contributed by atoms with E-state index < -0.39 is 0 Å². The molecule has 1 aliphatic rings. The number of imidazole rings is 1. The molecule has 0 radical (unpaired) electrons. The minimum absolute atomic E-state index is 0.0871. The SMILES string of the molecule is CCCCCCCCCCCCCCCCCC(C)n1ccnc1C1(CCCCCCCCCC)C=CC=CC1. The molecular formula is C38H68N2. The Morgan fingerprint density at radius 1 is 0.650 bits per heavy atom. The van der Waals surface area contributed by atoms with Crippen LogP contribution < -0.4 is 0 Å². The zero-order valence-corrected chi connectivity index (χ0v) is 27.3. The molecule has 2 nitrogen and oxygen atoms in total. The molecule has 2 heteroatoms. The predicted molar refractivity (Wildman–Crippen MR) is 178 cm³/mol. The Morgan fingerprint density at radius 2 is 1.12 bits per heavy atom. The zero-order valence-electron chi connectivity index (χ0n) is 27.3. The van der Waals surface area contributed by atoms with E-state index in [1.165, 1.54) is 166 Å². The molecule has 1 aromatic heterocycles. The first-order valence-electron chi connectivity index (χ1n) is 18.1. The molecular weight excluding hydrogens is 484 g/mol. The van der Waals surface area contributed by atoms with Crippen molar-refractivity contribution >= 4 is 0 Å². The van der Waals surface area contributed by atoms with Gasteiger partial charge in [-0.25, -0.2) is 4.98 Å². The van der Waals surface area contributed by atoms with Crippen LogP contribution >= 0.6 is 0 Å². The maximum absolute atomic E-state index is 4.98. The number of unbranched alkanes of at least 4 members (excludes halogenated alkanes) is 21. The van der Waals surface area contributed by atoms with E-state index in [0.29, 0.717) is 6.04 Å². The average Bonchev–Trinajstić information content (AvgIpc) is 3.48. The molecule has 2 unspecified atom stereocenters. The third-order valence-corrected chi connectivity index (χ3v) is 9.44. The van der Waals surface area contributed by atoms with Gasteiger partial charge in [-0.3, -0.25) is 0 Å². The summed E-state index contributed by atoms with van der Waals surface area (Å²) >= 11 is 0.